The van der Waals surface area contributed by atoms with Gasteiger partial charge in [-0.15, -0.1) is 0 Å². The van der Waals surface area contributed by atoms with Gasteiger partial charge < -0.3 is 10.2 Å². The lowest BCUT2D eigenvalue weighted by atomic mass is 9.94. The quantitative estimate of drug-likeness (QED) is 0.485. The maximum atomic E-state index is 14.8. The minimum Gasteiger partial charge on any atom is -0.336 e. The highest BCUT2D eigenvalue weighted by Gasteiger charge is 2.31. The molecule has 154 valence electrons. The Kier molecular flexibility index (Phi) is 4.96. The Morgan fingerprint density at radius 1 is 0.903 bits per heavy atom. The first-order valence-electron chi connectivity index (χ1n) is 10.2. The number of benzene rings is 3. The number of nitrogens with one attached hydrogen (secondary N) is 2. The number of H-pyrrole nitrogens is 1. The van der Waals surface area contributed by atoms with Gasteiger partial charge in [-0.1, -0.05) is 60.7 Å². The van der Waals surface area contributed by atoms with Gasteiger partial charge in [-0.2, -0.15) is 5.10 Å². The van der Waals surface area contributed by atoms with E-state index in [2.05, 4.69) is 15.5 Å². The molecule has 5 nitrogen and oxygen atoms in total. The van der Waals surface area contributed by atoms with Crippen LogP contribution in [0.15, 0.2) is 85.2 Å². The maximum Gasteiger partial charge on any atom is 0.318 e. The van der Waals surface area contributed by atoms with Gasteiger partial charge in [-0.25, -0.2) is 9.18 Å². The van der Waals surface area contributed by atoms with Gasteiger partial charge in [0.2, 0.25) is 0 Å². The Labute approximate surface area is 179 Å². The molecule has 0 saturated carbocycles. The summed E-state index contributed by atoms with van der Waals surface area (Å²) in [7, 11) is 0. The minimum atomic E-state index is -0.343. The van der Waals surface area contributed by atoms with E-state index in [-0.39, 0.29) is 17.9 Å². The Morgan fingerprint density at radius 3 is 2.32 bits per heavy atom. The highest BCUT2D eigenvalue weighted by Crippen LogP contribution is 2.34. The molecule has 0 radical (unpaired) electrons. The normalized spacial score (nSPS) is 14.5. The Balaban J connectivity index is 1.53. The van der Waals surface area contributed by atoms with Crippen LogP contribution in [0.1, 0.15) is 17.2 Å². The topological polar surface area (TPSA) is 61.0 Å². The van der Waals surface area contributed by atoms with Gasteiger partial charge in [0.25, 0.3) is 0 Å². The van der Waals surface area contributed by atoms with Crippen molar-refractivity contribution in [3.8, 4) is 22.3 Å². The fourth-order valence-electron chi connectivity index (χ4n) is 4.10. The predicted molar refractivity (Wildman–Crippen MR) is 118 cm³/mol. The van der Waals surface area contributed by atoms with E-state index < -0.39 is 0 Å². The molecule has 1 aliphatic rings. The molecule has 31 heavy (non-hydrogen) atoms. The van der Waals surface area contributed by atoms with Gasteiger partial charge in [0, 0.05) is 30.4 Å². The molecule has 5 rings (SSSR count). The third kappa shape index (κ3) is 3.68. The summed E-state index contributed by atoms with van der Waals surface area (Å²) in [5, 5.41) is 9.70. The molecule has 0 bridgehead atoms. The summed E-state index contributed by atoms with van der Waals surface area (Å²) in [6.07, 6.45) is 3.47. The number of aromatic amines is 1. The zero-order valence-electron chi connectivity index (χ0n) is 16.8. The summed E-state index contributed by atoms with van der Waals surface area (Å²) in [6, 6.07) is 22.5. The van der Waals surface area contributed by atoms with E-state index in [1.165, 1.54) is 6.07 Å². The maximum absolute atomic E-state index is 14.8. The summed E-state index contributed by atoms with van der Waals surface area (Å²) >= 11 is 0. The first-order valence-corrected chi connectivity index (χ1v) is 10.2. The van der Waals surface area contributed by atoms with Crippen molar-refractivity contribution < 1.29 is 9.18 Å². The average molecular weight is 412 g/mol. The van der Waals surface area contributed by atoms with Gasteiger partial charge in [-0.05, 0) is 34.4 Å². The molecule has 1 aliphatic heterocycles. The molecule has 0 aliphatic carbocycles. The number of hydrogen-bond donors (Lipinski definition) is 2. The van der Waals surface area contributed by atoms with Gasteiger partial charge in [-0.3, -0.25) is 5.10 Å². The van der Waals surface area contributed by atoms with Crippen molar-refractivity contribution in [1.82, 2.24) is 20.4 Å². The van der Waals surface area contributed by atoms with Crippen LogP contribution in [-0.2, 0) is 0 Å². The highest BCUT2D eigenvalue weighted by atomic mass is 19.1. The number of nitrogens with zero attached hydrogens (tertiary/aromatic N) is 2. The van der Waals surface area contributed by atoms with Gasteiger partial charge in [0.15, 0.2) is 0 Å². The zero-order chi connectivity index (χ0) is 21.2. The van der Waals surface area contributed by atoms with Crippen LogP contribution in [0.3, 0.4) is 0 Å². The molecule has 1 fully saturated rings. The third-order valence-electron chi connectivity index (χ3n) is 5.65. The van der Waals surface area contributed by atoms with E-state index in [0.717, 1.165) is 27.8 Å². The van der Waals surface area contributed by atoms with Crippen molar-refractivity contribution in [3.63, 3.8) is 0 Å². The second kappa shape index (κ2) is 8.07. The molecule has 3 aromatic carbocycles. The van der Waals surface area contributed by atoms with E-state index in [1.807, 2.05) is 60.7 Å². The van der Waals surface area contributed by atoms with Gasteiger partial charge in [0.05, 0.1) is 12.2 Å². The molecular formula is C25H21FN4O. The molecule has 6 heteroatoms. The SMILES string of the molecule is O=C1NCCN1C(c1cn[nH]c1)c1ccc(F)c(-c2ccc(-c3ccccc3)cc2)c1. The number of urea groups is 1. The van der Waals surface area contributed by atoms with Crippen LogP contribution in [0.5, 0.6) is 0 Å². The van der Waals surface area contributed by atoms with Crippen LogP contribution in [0.25, 0.3) is 22.3 Å². The Morgan fingerprint density at radius 2 is 1.65 bits per heavy atom. The van der Waals surface area contributed by atoms with Crippen molar-refractivity contribution in [3.05, 3.63) is 102 Å². The van der Waals surface area contributed by atoms with Gasteiger partial charge >= 0.3 is 6.03 Å². The highest BCUT2D eigenvalue weighted by molar-refractivity contribution is 5.77. The van der Waals surface area contributed by atoms with Crippen molar-refractivity contribution in [2.24, 2.45) is 0 Å². The lowest BCUT2D eigenvalue weighted by Gasteiger charge is -2.27. The summed E-state index contributed by atoms with van der Waals surface area (Å²) in [4.78, 5) is 14.1. The van der Waals surface area contributed by atoms with Crippen LogP contribution in [0, 0.1) is 5.82 Å². The summed E-state index contributed by atoms with van der Waals surface area (Å²) in [6.45, 7) is 1.16. The lowest BCUT2D eigenvalue weighted by Crippen LogP contribution is -2.32. The average Bonchev–Trinajstić information content (AvgIpc) is 3.49. The first kappa shape index (κ1) is 19.1. The van der Waals surface area contributed by atoms with Crippen molar-refractivity contribution in [2.45, 2.75) is 6.04 Å². The fraction of sp³-hybridized carbons (Fsp3) is 0.120. The van der Waals surface area contributed by atoms with Gasteiger partial charge in [0.1, 0.15) is 5.82 Å². The molecule has 2 heterocycles. The Hall–Kier alpha value is -3.93. The van der Waals surface area contributed by atoms with Crippen molar-refractivity contribution in [1.29, 1.82) is 0 Å². The molecule has 2 amide bonds. The Bertz CT molecular complexity index is 1190. The van der Waals surface area contributed by atoms with E-state index in [1.54, 1.807) is 23.4 Å². The molecule has 1 saturated heterocycles. The second-order valence-corrected chi connectivity index (χ2v) is 7.54. The van der Waals surface area contributed by atoms with E-state index in [4.69, 9.17) is 0 Å². The first-order chi connectivity index (χ1) is 15.2. The number of carbonyl (C=O) groups is 1. The summed E-state index contributed by atoms with van der Waals surface area (Å²) in [5.41, 5.74) is 5.17. The number of carbonyl (C=O) groups excluding carboxylic acids is 1. The summed E-state index contributed by atoms with van der Waals surface area (Å²) < 4.78 is 14.8. The minimum absolute atomic E-state index is 0.135. The van der Waals surface area contributed by atoms with E-state index in [9.17, 15) is 9.18 Å². The fourth-order valence-corrected chi connectivity index (χ4v) is 4.10. The number of aromatic nitrogens is 2. The molecule has 2 N–H and O–H groups in total. The van der Waals surface area contributed by atoms with Crippen LogP contribution >= 0.6 is 0 Å². The van der Waals surface area contributed by atoms with Crippen LogP contribution < -0.4 is 5.32 Å². The van der Waals surface area contributed by atoms with Crippen LogP contribution in [-0.4, -0.2) is 34.2 Å². The number of amides is 2. The molecular weight excluding hydrogens is 391 g/mol. The molecule has 4 aromatic rings. The monoisotopic (exact) mass is 412 g/mol. The van der Waals surface area contributed by atoms with Crippen molar-refractivity contribution >= 4 is 6.03 Å². The van der Waals surface area contributed by atoms with Crippen LogP contribution in [0.4, 0.5) is 9.18 Å². The molecule has 1 aromatic heterocycles. The smallest absolute Gasteiger partial charge is 0.318 e. The number of rotatable bonds is 5. The van der Waals surface area contributed by atoms with Crippen LogP contribution in [0.2, 0.25) is 0 Å². The predicted octanol–water partition coefficient (Wildman–Crippen LogP) is 5.00. The largest absolute Gasteiger partial charge is 0.336 e. The summed E-state index contributed by atoms with van der Waals surface area (Å²) in [5.74, 6) is -0.298. The molecule has 0 spiro atoms. The number of halogens is 1. The second-order valence-electron chi connectivity index (χ2n) is 7.54. The number of hydrogen-bond acceptors (Lipinski definition) is 2. The zero-order valence-corrected chi connectivity index (χ0v) is 16.8. The lowest BCUT2D eigenvalue weighted by molar-refractivity contribution is 0.206. The standard InChI is InChI=1S/C25H21FN4O/c26-23-11-10-20(24(21-15-28-29-16-21)30-13-12-27-25(30)31)14-22(23)19-8-6-18(7-9-19)17-4-2-1-3-5-17/h1-11,14-16,24H,12-13H2,(H,27,31)(H,28,29). The van der Waals surface area contributed by atoms with E-state index in [0.29, 0.717) is 18.7 Å². The molecule has 1 unspecified atom stereocenters. The van der Waals surface area contributed by atoms with E-state index >= 15 is 0 Å². The molecule has 1 atom stereocenters. The third-order valence-corrected chi connectivity index (χ3v) is 5.65. The van der Waals surface area contributed by atoms with Crippen molar-refractivity contribution in [2.75, 3.05) is 13.1 Å².